The van der Waals surface area contributed by atoms with Crippen LogP contribution in [0.15, 0.2) is 54.6 Å². The fraction of sp³-hybridized carbons (Fsp3) is 0.188. The lowest BCUT2D eigenvalue weighted by Gasteiger charge is -2.13. The summed E-state index contributed by atoms with van der Waals surface area (Å²) in [4.78, 5) is 10.7. The molecule has 1 unspecified atom stereocenters. The van der Waals surface area contributed by atoms with E-state index >= 15 is 0 Å². The summed E-state index contributed by atoms with van der Waals surface area (Å²) in [5.41, 5.74) is 1.46. The van der Waals surface area contributed by atoms with Gasteiger partial charge in [0.1, 0.15) is 18.5 Å². The number of aliphatic hydroxyl groups excluding tert-OH is 1. The first kappa shape index (κ1) is 14.1. The number of carboxylic acid groups (broad SMARTS) is 1. The molecule has 0 heterocycles. The summed E-state index contributed by atoms with van der Waals surface area (Å²) >= 11 is 0. The molecule has 0 saturated heterocycles. The third-order valence-electron chi connectivity index (χ3n) is 2.85. The number of carbonyl (C=O) groups is 1. The molecule has 2 aromatic carbocycles. The van der Waals surface area contributed by atoms with Gasteiger partial charge in [-0.05, 0) is 23.3 Å². The lowest BCUT2D eigenvalue weighted by Crippen LogP contribution is -2.09. The van der Waals surface area contributed by atoms with Gasteiger partial charge in [0.15, 0.2) is 0 Å². The van der Waals surface area contributed by atoms with Crippen molar-refractivity contribution in [1.82, 2.24) is 0 Å². The molecule has 0 aromatic heterocycles. The molecule has 0 bridgehead atoms. The maximum Gasteiger partial charge on any atom is 0.307 e. The van der Waals surface area contributed by atoms with Crippen LogP contribution in [-0.2, 0) is 11.2 Å². The molecule has 0 aliphatic carbocycles. The van der Waals surface area contributed by atoms with E-state index in [9.17, 15) is 9.90 Å². The van der Waals surface area contributed by atoms with Gasteiger partial charge in [0, 0.05) is 0 Å². The predicted octanol–water partition coefficient (Wildman–Crippen LogP) is 2.43. The Kier molecular flexibility index (Phi) is 4.74. The van der Waals surface area contributed by atoms with Gasteiger partial charge in [-0.1, -0.05) is 42.5 Å². The van der Waals surface area contributed by atoms with Crippen LogP contribution in [0.3, 0.4) is 0 Å². The largest absolute Gasteiger partial charge is 0.491 e. The van der Waals surface area contributed by atoms with E-state index in [-0.39, 0.29) is 13.0 Å². The maximum atomic E-state index is 10.7. The van der Waals surface area contributed by atoms with Gasteiger partial charge < -0.3 is 14.9 Å². The topological polar surface area (TPSA) is 66.8 Å². The summed E-state index contributed by atoms with van der Waals surface area (Å²) in [5.74, 6) is -0.329. The Morgan fingerprint density at radius 1 is 1.10 bits per heavy atom. The van der Waals surface area contributed by atoms with Gasteiger partial charge in [-0.3, -0.25) is 4.79 Å². The van der Waals surface area contributed by atoms with E-state index in [1.165, 1.54) is 0 Å². The van der Waals surface area contributed by atoms with Crippen molar-refractivity contribution < 1.29 is 19.7 Å². The molecule has 4 heteroatoms. The molecule has 104 valence electrons. The lowest BCUT2D eigenvalue weighted by molar-refractivity contribution is -0.136. The summed E-state index contributed by atoms with van der Waals surface area (Å²) in [5, 5.41) is 18.7. The third-order valence-corrected chi connectivity index (χ3v) is 2.85. The molecule has 0 spiro atoms. The van der Waals surface area contributed by atoms with Crippen LogP contribution < -0.4 is 4.74 Å². The van der Waals surface area contributed by atoms with Gasteiger partial charge in [-0.2, -0.15) is 0 Å². The van der Waals surface area contributed by atoms with Gasteiger partial charge in [0.2, 0.25) is 0 Å². The van der Waals surface area contributed by atoms with Crippen molar-refractivity contribution in [2.75, 3.05) is 6.61 Å². The molecular formula is C16H16O4. The average Bonchev–Trinajstić information content (AvgIpc) is 2.45. The van der Waals surface area contributed by atoms with Crippen molar-refractivity contribution >= 4 is 5.97 Å². The molecule has 0 amide bonds. The molecular weight excluding hydrogens is 256 g/mol. The first-order valence-corrected chi connectivity index (χ1v) is 6.31. The third kappa shape index (κ3) is 4.10. The lowest BCUT2D eigenvalue weighted by atomic mass is 10.1. The van der Waals surface area contributed by atoms with Crippen molar-refractivity contribution in [3.63, 3.8) is 0 Å². The second-order valence-electron chi connectivity index (χ2n) is 4.46. The Morgan fingerprint density at radius 3 is 2.55 bits per heavy atom. The fourth-order valence-electron chi connectivity index (χ4n) is 1.87. The number of aliphatic carboxylic acids is 1. The van der Waals surface area contributed by atoms with Crippen LogP contribution in [-0.4, -0.2) is 22.8 Å². The molecule has 20 heavy (non-hydrogen) atoms. The van der Waals surface area contributed by atoms with Crippen molar-refractivity contribution in [3.05, 3.63) is 65.7 Å². The Hall–Kier alpha value is -2.33. The SMILES string of the molecule is O=C(O)Cc1cccc(OCC(O)c2ccccc2)c1. The Bertz CT molecular complexity index is 566. The van der Waals surface area contributed by atoms with E-state index in [1.807, 2.05) is 30.3 Å². The first-order chi connectivity index (χ1) is 9.65. The monoisotopic (exact) mass is 272 g/mol. The number of hydrogen-bond donors (Lipinski definition) is 2. The minimum Gasteiger partial charge on any atom is -0.491 e. The first-order valence-electron chi connectivity index (χ1n) is 6.31. The molecule has 0 fully saturated rings. The second-order valence-corrected chi connectivity index (χ2v) is 4.46. The molecule has 0 saturated carbocycles. The molecule has 0 aliphatic rings. The summed E-state index contributed by atoms with van der Waals surface area (Å²) in [7, 11) is 0. The van der Waals surface area contributed by atoms with Crippen LogP contribution in [0.5, 0.6) is 5.75 Å². The second kappa shape index (κ2) is 6.73. The van der Waals surface area contributed by atoms with Gasteiger partial charge in [-0.15, -0.1) is 0 Å². The van der Waals surface area contributed by atoms with Crippen molar-refractivity contribution in [3.8, 4) is 5.75 Å². The van der Waals surface area contributed by atoms with E-state index in [0.29, 0.717) is 11.3 Å². The zero-order valence-corrected chi connectivity index (χ0v) is 10.9. The van der Waals surface area contributed by atoms with Crippen molar-refractivity contribution in [1.29, 1.82) is 0 Å². The zero-order valence-electron chi connectivity index (χ0n) is 10.9. The smallest absolute Gasteiger partial charge is 0.307 e. The van der Waals surface area contributed by atoms with Crippen LogP contribution in [0.4, 0.5) is 0 Å². The van der Waals surface area contributed by atoms with E-state index in [0.717, 1.165) is 5.56 Å². The average molecular weight is 272 g/mol. The van der Waals surface area contributed by atoms with Crippen LogP contribution >= 0.6 is 0 Å². The molecule has 4 nitrogen and oxygen atoms in total. The number of rotatable bonds is 6. The minimum atomic E-state index is -0.883. The molecule has 2 rings (SSSR count). The summed E-state index contributed by atoms with van der Waals surface area (Å²) in [6, 6.07) is 16.1. The number of benzene rings is 2. The van der Waals surface area contributed by atoms with Crippen LogP contribution in [0.2, 0.25) is 0 Å². The van der Waals surface area contributed by atoms with E-state index in [4.69, 9.17) is 9.84 Å². The van der Waals surface area contributed by atoms with Crippen LogP contribution in [0.1, 0.15) is 17.2 Å². The Morgan fingerprint density at radius 2 is 1.85 bits per heavy atom. The van der Waals surface area contributed by atoms with E-state index in [1.54, 1.807) is 24.3 Å². The van der Waals surface area contributed by atoms with Gasteiger partial charge in [-0.25, -0.2) is 0 Å². The highest BCUT2D eigenvalue weighted by Crippen LogP contribution is 2.17. The molecule has 0 aliphatic heterocycles. The van der Waals surface area contributed by atoms with E-state index < -0.39 is 12.1 Å². The number of carboxylic acids is 1. The highest BCUT2D eigenvalue weighted by molar-refractivity contribution is 5.70. The summed E-state index contributed by atoms with van der Waals surface area (Å²) in [6.45, 7) is 0.126. The number of aliphatic hydroxyl groups is 1. The van der Waals surface area contributed by atoms with Crippen molar-refractivity contribution in [2.45, 2.75) is 12.5 Å². The molecule has 1 atom stereocenters. The highest BCUT2D eigenvalue weighted by atomic mass is 16.5. The maximum absolute atomic E-state index is 10.7. The minimum absolute atomic E-state index is 0.0432. The van der Waals surface area contributed by atoms with Crippen LogP contribution in [0.25, 0.3) is 0 Å². The molecule has 2 N–H and O–H groups in total. The standard InChI is InChI=1S/C16H16O4/c17-15(13-6-2-1-3-7-13)11-20-14-8-4-5-12(9-14)10-16(18)19/h1-9,15,17H,10-11H2,(H,18,19). The zero-order chi connectivity index (χ0) is 14.4. The molecule has 0 radical (unpaired) electrons. The summed E-state index contributed by atoms with van der Waals surface area (Å²) < 4.78 is 5.50. The Labute approximate surface area is 117 Å². The Balaban J connectivity index is 1.95. The normalized spacial score (nSPS) is 11.8. The number of hydrogen-bond acceptors (Lipinski definition) is 3. The number of ether oxygens (including phenoxy) is 1. The molecule has 2 aromatic rings. The highest BCUT2D eigenvalue weighted by Gasteiger charge is 2.08. The summed E-state index contributed by atoms with van der Waals surface area (Å²) in [6.07, 6.45) is -0.752. The van der Waals surface area contributed by atoms with Crippen molar-refractivity contribution in [2.24, 2.45) is 0 Å². The predicted molar refractivity (Wildman–Crippen MR) is 74.7 cm³/mol. The van der Waals surface area contributed by atoms with Gasteiger partial charge in [0.05, 0.1) is 6.42 Å². The van der Waals surface area contributed by atoms with E-state index in [2.05, 4.69) is 0 Å². The van der Waals surface area contributed by atoms with Gasteiger partial charge in [0.25, 0.3) is 0 Å². The van der Waals surface area contributed by atoms with Gasteiger partial charge >= 0.3 is 5.97 Å². The fourth-order valence-corrected chi connectivity index (χ4v) is 1.87. The van der Waals surface area contributed by atoms with Crippen LogP contribution in [0, 0.1) is 0 Å². The quantitative estimate of drug-likeness (QED) is 0.847.